The third-order valence-electron chi connectivity index (χ3n) is 3.40. The molecule has 2 N–H and O–H groups in total. The fourth-order valence-electron chi connectivity index (χ4n) is 2.29. The van der Waals surface area contributed by atoms with Gasteiger partial charge < -0.3 is 10.5 Å². The second-order valence-corrected chi connectivity index (χ2v) is 4.94. The van der Waals surface area contributed by atoms with E-state index >= 15 is 0 Å². The second kappa shape index (κ2) is 4.98. The van der Waals surface area contributed by atoms with Crippen molar-refractivity contribution in [3.05, 3.63) is 34.9 Å². The topological polar surface area (TPSA) is 35.2 Å². The molecule has 2 nitrogen and oxygen atoms in total. The lowest BCUT2D eigenvalue weighted by Gasteiger charge is -2.13. The molecule has 0 aliphatic heterocycles. The van der Waals surface area contributed by atoms with Crippen LogP contribution in [0.3, 0.4) is 0 Å². The first-order chi connectivity index (χ1) is 7.65. The molecule has 2 rings (SSSR count). The summed E-state index contributed by atoms with van der Waals surface area (Å²) in [7, 11) is 0. The summed E-state index contributed by atoms with van der Waals surface area (Å²) in [4.78, 5) is 0. The number of nitrogens with two attached hydrogens (primary N) is 1. The second-order valence-electron chi connectivity index (χ2n) is 4.94. The first kappa shape index (κ1) is 11.6. The summed E-state index contributed by atoms with van der Waals surface area (Å²) in [6.07, 6.45) is 3.61. The summed E-state index contributed by atoms with van der Waals surface area (Å²) in [5.74, 6) is 0. The van der Waals surface area contributed by atoms with Crippen molar-refractivity contribution in [1.29, 1.82) is 0 Å². The van der Waals surface area contributed by atoms with Gasteiger partial charge in [-0.05, 0) is 44.2 Å². The minimum absolute atomic E-state index is 0.351. The first-order valence-electron chi connectivity index (χ1n) is 6.08. The van der Waals surface area contributed by atoms with Crippen LogP contribution in [-0.4, -0.2) is 12.1 Å². The van der Waals surface area contributed by atoms with Crippen LogP contribution in [0, 0.1) is 13.8 Å². The number of benzene rings is 1. The largest absolute Gasteiger partial charge is 0.373 e. The Labute approximate surface area is 97.8 Å². The highest BCUT2D eigenvalue weighted by molar-refractivity contribution is 5.29. The third-order valence-corrected chi connectivity index (χ3v) is 3.40. The quantitative estimate of drug-likeness (QED) is 0.848. The maximum absolute atomic E-state index is 5.92. The Morgan fingerprint density at radius 3 is 2.81 bits per heavy atom. The van der Waals surface area contributed by atoms with Crippen LogP contribution >= 0.6 is 0 Å². The average Bonchev–Trinajstić information content (AvgIpc) is 2.66. The van der Waals surface area contributed by atoms with Gasteiger partial charge in [-0.15, -0.1) is 0 Å². The number of hydrogen-bond donors (Lipinski definition) is 1. The van der Waals surface area contributed by atoms with E-state index in [4.69, 9.17) is 10.5 Å². The molecule has 0 amide bonds. The van der Waals surface area contributed by atoms with Gasteiger partial charge in [-0.1, -0.05) is 23.8 Å². The van der Waals surface area contributed by atoms with E-state index in [2.05, 4.69) is 32.0 Å². The number of rotatable bonds is 3. The highest BCUT2D eigenvalue weighted by Crippen LogP contribution is 2.22. The van der Waals surface area contributed by atoms with Crippen molar-refractivity contribution in [2.75, 3.05) is 0 Å². The van der Waals surface area contributed by atoms with Crippen LogP contribution in [0.15, 0.2) is 18.2 Å². The molecule has 1 aromatic rings. The molecule has 2 unspecified atom stereocenters. The van der Waals surface area contributed by atoms with Crippen molar-refractivity contribution in [3.63, 3.8) is 0 Å². The molecule has 1 aliphatic rings. The van der Waals surface area contributed by atoms with Crippen molar-refractivity contribution in [1.82, 2.24) is 0 Å². The predicted molar refractivity (Wildman–Crippen MR) is 66.3 cm³/mol. The van der Waals surface area contributed by atoms with Crippen LogP contribution in [0.5, 0.6) is 0 Å². The van der Waals surface area contributed by atoms with Gasteiger partial charge in [0.1, 0.15) is 0 Å². The van der Waals surface area contributed by atoms with Crippen molar-refractivity contribution in [3.8, 4) is 0 Å². The van der Waals surface area contributed by atoms with Crippen molar-refractivity contribution in [2.45, 2.75) is 51.9 Å². The van der Waals surface area contributed by atoms with E-state index in [1.807, 2.05) is 0 Å². The standard InChI is InChI=1S/C14H21NO/c1-10-3-4-11(2)12(7-10)9-16-14-6-5-13(15)8-14/h3-4,7,13-14H,5-6,8-9,15H2,1-2H3. The zero-order valence-corrected chi connectivity index (χ0v) is 10.2. The van der Waals surface area contributed by atoms with Gasteiger partial charge in [0.2, 0.25) is 0 Å². The minimum atomic E-state index is 0.351. The number of aryl methyl sites for hydroxylation is 2. The van der Waals surface area contributed by atoms with Crippen molar-refractivity contribution in [2.24, 2.45) is 5.73 Å². The summed E-state index contributed by atoms with van der Waals surface area (Å²) >= 11 is 0. The lowest BCUT2D eigenvalue weighted by atomic mass is 10.1. The Bertz CT molecular complexity index is 362. The minimum Gasteiger partial charge on any atom is -0.373 e. The lowest BCUT2D eigenvalue weighted by Crippen LogP contribution is -2.17. The monoisotopic (exact) mass is 219 g/mol. The third kappa shape index (κ3) is 2.83. The van der Waals surface area contributed by atoms with E-state index in [9.17, 15) is 0 Å². The normalized spacial score (nSPS) is 24.9. The molecule has 0 saturated heterocycles. The highest BCUT2D eigenvalue weighted by Gasteiger charge is 2.22. The summed E-state index contributed by atoms with van der Waals surface area (Å²) in [5, 5.41) is 0. The van der Waals surface area contributed by atoms with Crippen molar-refractivity contribution >= 4 is 0 Å². The molecule has 0 heterocycles. The average molecular weight is 219 g/mol. The van der Waals surface area contributed by atoms with Crippen LogP contribution in [0.25, 0.3) is 0 Å². The molecule has 1 aromatic carbocycles. The molecule has 0 bridgehead atoms. The van der Waals surface area contributed by atoms with Crippen LogP contribution in [-0.2, 0) is 11.3 Å². The van der Waals surface area contributed by atoms with Gasteiger partial charge >= 0.3 is 0 Å². The number of ether oxygens (including phenoxy) is 1. The summed E-state index contributed by atoms with van der Waals surface area (Å²) in [5.41, 5.74) is 9.79. The van der Waals surface area contributed by atoms with Crippen molar-refractivity contribution < 1.29 is 4.74 Å². The summed E-state index contributed by atoms with van der Waals surface area (Å²) < 4.78 is 5.92. The van der Waals surface area contributed by atoms with Gasteiger partial charge in [0, 0.05) is 6.04 Å². The number of hydrogen-bond acceptors (Lipinski definition) is 2. The maximum atomic E-state index is 5.92. The Morgan fingerprint density at radius 1 is 1.31 bits per heavy atom. The predicted octanol–water partition coefficient (Wildman–Crippen LogP) is 2.70. The van der Waals surface area contributed by atoms with E-state index < -0.39 is 0 Å². The summed E-state index contributed by atoms with van der Waals surface area (Å²) in [6, 6.07) is 6.87. The summed E-state index contributed by atoms with van der Waals surface area (Å²) in [6.45, 7) is 4.98. The molecule has 2 atom stereocenters. The molecular formula is C14H21NO. The van der Waals surface area contributed by atoms with E-state index in [0.717, 1.165) is 25.9 Å². The molecule has 2 heteroatoms. The Balaban J connectivity index is 1.91. The molecule has 1 saturated carbocycles. The van der Waals surface area contributed by atoms with Gasteiger partial charge in [0.15, 0.2) is 0 Å². The Kier molecular flexibility index (Phi) is 3.62. The molecule has 0 aromatic heterocycles. The van der Waals surface area contributed by atoms with E-state index in [-0.39, 0.29) is 0 Å². The van der Waals surface area contributed by atoms with Crippen LogP contribution < -0.4 is 5.73 Å². The van der Waals surface area contributed by atoms with E-state index in [1.54, 1.807) is 0 Å². The SMILES string of the molecule is Cc1ccc(C)c(COC2CCC(N)C2)c1. The molecule has 16 heavy (non-hydrogen) atoms. The molecule has 88 valence electrons. The fraction of sp³-hybridized carbons (Fsp3) is 0.571. The zero-order chi connectivity index (χ0) is 11.5. The van der Waals surface area contributed by atoms with E-state index in [1.165, 1.54) is 16.7 Å². The van der Waals surface area contributed by atoms with Gasteiger partial charge in [-0.3, -0.25) is 0 Å². The Hall–Kier alpha value is -0.860. The highest BCUT2D eigenvalue weighted by atomic mass is 16.5. The smallest absolute Gasteiger partial charge is 0.0723 e. The van der Waals surface area contributed by atoms with Crippen LogP contribution in [0.1, 0.15) is 36.0 Å². The molecule has 0 spiro atoms. The van der Waals surface area contributed by atoms with Crippen LogP contribution in [0.2, 0.25) is 0 Å². The van der Waals surface area contributed by atoms with Gasteiger partial charge in [-0.25, -0.2) is 0 Å². The Morgan fingerprint density at radius 2 is 2.12 bits per heavy atom. The van der Waals surface area contributed by atoms with Crippen LogP contribution in [0.4, 0.5) is 0 Å². The van der Waals surface area contributed by atoms with Gasteiger partial charge in [0.25, 0.3) is 0 Å². The maximum Gasteiger partial charge on any atom is 0.0723 e. The zero-order valence-electron chi connectivity index (χ0n) is 10.2. The van der Waals surface area contributed by atoms with E-state index in [0.29, 0.717) is 12.1 Å². The molecule has 1 fully saturated rings. The van der Waals surface area contributed by atoms with Gasteiger partial charge in [0.05, 0.1) is 12.7 Å². The first-order valence-corrected chi connectivity index (χ1v) is 6.08. The molecule has 0 radical (unpaired) electrons. The fourth-order valence-corrected chi connectivity index (χ4v) is 2.29. The lowest BCUT2D eigenvalue weighted by molar-refractivity contribution is 0.0445. The molecule has 1 aliphatic carbocycles. The molecular weight excluding hydrogens is 198 g/mol. The van der Waals surface area contributed by atoms with Gasteiger partial charge in [-0.2, -0.15) is 0 Å².